The lowest BCUT2D eigenvalue weighted by Crippen LogP contribution is -2.12. The van der Waals surface area contributed by atoms with E-state index in [1.807, 2.05) is 47.9 Å². The van der Waals surface area contributed by atoms with Gasteiger partial charge in [-0.05, 0) is 30.2 Å². The van der Waals surface area contributed by atoms with E-state index >= 15 is 0 Å². The Labute approximate surface area is 131 Å². The maximum Gasteiger partial charge on any atom is 0.208 e. The maximum atomic E-state index is 12.1. The molecular weight excluding hydrogens is 328 g/mol. The molecule has 0 fully saturated rings. The summed E-state index contributed by atoms with van der Waals surface area (Å²) in [4.78, 5) is 16.7. The molecule has 0 aliphatic heterocycles. The standard InChI is InChI=1S/C17H15BrN2O/c1-12-7-8-15-14(9-12)19-17(16(21)10-18)20(15)11-13-5-3-2-4-6-13/h2-9H,10-11H2,1H3. The van der Waals surface area contributed by atoms with E-state index < -0.39 is 0 Å². The lowest BCUT2D eigenvalue weighted by atomic mass is 10.2. The summed E-state index contributed by atoms with van der Waals surface area (Å²) < 4.78 is 1.99. The molecule has 2 aromatic carbocycles. The lowest BCUT2D eigenvalue weighted by Gasteiger charge is -2.08. The topological polar surface area (TPSA) is 34.9 Å². The predicted molar refractivity (Wildman–Crippen MR) is 88.1 cm³/mol. The SMILES string of the molecule is Cc1ccc2c(c1)nc(C(=O)CBr)n2Cc1ccccc1. The number of Topliss-reactive ketones (excluding diaryl/α,β-unsaturated/α-hetero) is 1. The summed E-state index contributed by atoms with van der Waals surface area (Å²) in [7, 11) is 0. The Morgan fingerprint density at radius 1 is 1.19 bits per heavy atom. The normalized spacial score (nSPS) is 11.0. The first kappa shape index (κ1) is 14.0. The van der Waals surface area contributed by atoms with Crippen LogP contribution in [0.15, 0.2) is 48.5 Å². The Kier molecular flexibility index (Phi) is 3.88. The van der Waals surface area contributed by atoms with Crippen LogP contribution in [0.3, 0.4) is 0 Å². The molecule has 0 amide bonds. The monoisotopic (exact) mass is 342 g/mol. The molecule has 3 rings (SSSR count). The number of carbonyl (C=O) groups excluding carboxylic acids is 1. The van der Waals surface area contributed by atoms with Crippen LogP contribution in [0.1, 0.15) is 21.7 Å². The molecule has 3 nitrogen and oxygen atoms in total. The number of fused-ring (bicyclic) bond motifs is 1. The number of aryl methyl sites for hydroxylation is 1. The summed E-state index contributed by atoms with van der Waals surface area (Å²) >= 11 is 3.24. The van der Waals surface area contributed by atoms with Crippen LogP contribution in [0.25, 0.3) is 11.0 Å². The molecule has 0 radical (unpaired) electrons. The zero-order valence-electron chi connectivity index (χ0n) is 11.7. The van der Waals surface area contributed by atoms with Crippen molar-refractivity contribution in [1.82, 2.24) is 9.55 Å². The number of rotatable bonds is 4. The van der Waals surface area contributed by atoms with E-state index in [0.717, 1.165) is 22.2 Å². The molecule has 0 aliphatic carbocycles. The summed E-state index contributed by atoms with van der Waals surface area (Å²) in [5, 5.41) is 0.282. The van der Waals surface area contributed by atoms with Gasteiger partial charge in [-0.15, -0.1) is 0 Å². The molecule has 0 spiro atoms. The van der Waals surface area contributed by atoms with E-state index in [1.165, 1.54) is 0 Å². The number of carbonyl (C=O) groups is 1. The van der Waals surface area contributed by atoms with Crippen LogP contribution in [0, 0.1) is 6.92 Å². The molecule has 4 heteroatoms. The first-order valence-electron chi connectivity index (χ1n) is 6.79. The maximum absolute atomic E-state index is 12.1. The molecule has 0 atom stereocenters. The fourth-order valence-electron chi connectivity index (χ4n) is 2.44. The zero-order chi connectivity index (χ0) is 14.8. The van der Waals surface area contributed by atoms with E-state index in [0.29, 0.717) is 12.4 Å². The summed E-state index contributed by atoms with van der Waals surface area (Å²) in [6, 6.07) is 16.2. The number of nitrogens with zero attached hydrogens (tertiary/aromatic N) is 2. The number of hydrogen-bond acceptors (Lipinski definition) is 2. The summed E-state index contributed by atoms with van der Waals surface area (Å²) in [6.07, 6.45) is 0. The summed E-state index contributed by atoms with van der Waals surface area (Å²) in [5.41, 5.74) is 4.16. The molecule has 1 heterocycles. The fraction of sp³-hybridized carbons (Fsp3) is 0.176. The molecule has 0 N–H and O–H groups in total. The van der Waals surface area contributed by atoms with E-state index in [-0.39, 0.29) is 11.1 Å². The Morgan fingerprint density at radius 3 is 2.67 bits per heavy atom. The van der Waals surface area contributed by atoms with Gasteiger partial charge in [0.2, 0.25) is 5.78 Å². The van der Waals surface area contributed by atoms with Crippen LogP contribution in [-0.2, 0) is 6.54 Å². The van der Waals surface area contributed by atoms with Gasteiger partial charge in [-0.2, -0.15) is 0 Å². The van der Waals surface area contributed by atoms with Crippen LogP contribution in [-0.4, -0.2) is 20.7 Å². The van der Waals surface area contributed by atoms with E-state index in [4.69, 9.17) is 0 Å². The highest BCUT2D eigenvalue weighted by Gasteiger charge is 2.16. The minimum atomic E-state index is -0.000200. The Morgan fingerprint density at radius 2 is 1.95 bits per heavy atom. The van der Waals surface area contributed by atoms with Crippen LogP contribution < -0.4 is 0 Å². The Hall–Kier alpha value is -1.94. The smallest absolute Gasteiger partial charge is 0.208 e. The lowest BCUT2D eigenvalue weighted by molar-refractivity contribution is 0.101. The van der Waals surface area contributed by atoms with Crippen molar-refractivity contribution in [2.45, 2.75) is 13.5 Å². The number of ketones is 1. The molecule has 0 saturated carbocycles. The average molecular weight is 343 g/mol. The molecule has 3 aromatic rings. The van der Waals surface area contributed by atoms with Crippen molar-refractivity contribution in [3.63, 3.8) is 0 Å². The molecule has 0 bridgehead atoms. The van der Waals surface area contributed by atoms with Crippen molar-refractivity contribution in [2.24, 2.45) is 0 Å². The van der Waals surface area contributed by atoms with Crippen molar-refractivity contribution < 1.29 is 4.79 Å². The fourth-order valence-corrected chi connectivity index (χ4v) is 2.69. The third-order valence-corrected chi connectivity index (χ3v) is 3.97. The first-order valence-corrected chi connectivity index (χ1v) is 7.91. The summed E-state index contributed by atoms with van der Waals surface area (Å²) in [5.74, 6) is 0.510. The van der Waals surface area contributed by atoms with Gasteiger partial charge in [0.1, 0.15) is 0 Å². The van der Waals surface area contributed by atoms with Gasteiger partial charge in [0.05, 0.1) is 16.4 Å². The van der Waals surface area contributed by atoms with E-state index in [1.54, 1.807) is 0 Å². The van der Waals surface area contributed by atoms with E-state index in [2.05, 4.69) is 33.0 Å². The van der Waals surface area contributed by atoms with Crippen molar-refractivity contribution in [1.29, 1.82) is 0 Å². The molecule has 0 aliphatic rings. The Balaban J connectivity index is 2.15. The third-order valence-electron chi connectivity index (χ3n) is 3.46. The number of alkyl halides is 1. The number of halogens is 1. The Bertz CT molecular complexity index is 793. The van der Waals surface area contributed by atoms with Crippen molar-refractivity contribution in [3.05, 3.63) is 65.5 Å². The largest absolute Gasteiger partial charge is 0.317 e. The zero-order valence-corrected chi connectivity index (χ0v) is 13.3. The quantitative estimate of drug-likeness (QED) is 0.531. The number of benzene rings is 2. The highest BCUT2D eigenvalue weighted by atomic mass is 79.9. The van der Waals surface area contributed by atoms with Gasteiger partial charge in [-0.3, -0.25) is 4.79 Å². The van der Waals surface area contributed by atoms with E-state index in [9.17, 15) is 4.79 Å². The van der Waals surface area contributed by atoms with Crippen LogP contribution >= 0.6 is 15.9 Å². The summed E-state index contributed by atoms with van der Waals surface area (Å²) in [6.45, 7) is 2.68. The van der Waals surface area contributed by atoms with Gasteiger partial charge in [-0.1, -0.05) is 52.3 Å². The average Bonchev–Trinajstić information content (AvgIpc) is 2.85. The molecule has 21 heavy (non-hydrogen) atoms. The van der Waals surface area contributed by atoms with Crippen LogP contribution in [0.4, 0.5) is 0 Å². The molecule has 1 aromatic heterocycles. The molecule has 106 valence electrons. The first-order chi connectivity index (χ1) is 10.2. The molecule has 0 unspecified atom stereocenters. The minimum Gasteiger partial charge on any atom is -0.317 e. The van der Waals surface area contributed by atoms with Gasteiger partial charge in [0, 0.05) is 6.54 Å². The van der Waals surface area contributed by atoms with Gasteiger partial charge in [0.25, 0.3) is 0 Å². The number of hydrogen-bond donors (Lipinski definition) is 0. The predicted octanol–water partition coefficient (Wildman–Crippen LogP) is 3.97. The molecule has 0 saturated heterocycles. The van der Waals surface area contributed by atoms with Gasteiger partial charge < -0.3 is 4.57 Å². The van der Waals surface area contributed by atoms with Crippen LogP contribution in [0.5, 0.6) is 0 Å². The second-order valence-electron chi connectivity index (χ2n) is 5.06. The van der Waals surface area contributed by atoms with Gasteiger partial charge in [-0.25, -0.2) is 4.98 Å². The number of aromatic nitrogens is 2. The van der Waals surface area contributed by atoms with Crippen LogP contribution in [0.2, 0.25) is 0 Å². The second kappa shape index (κ2) is 5.82. The molecular formula is C17H15BrN2O. The van der Waals surface area contributed by atoms with Gasteiger partial charge >= 0.3 is 0 Å². The second-order valence-corrected chi connectivity index (χ2v) is 5.62. The minimum absolute atomic E-state index is 0.000200. The van der Waals surface area contributed by atoms with Crippen molar-refractivity contribution in [3.8, 4) is 0 Å². The highest BCUT2D eigenvalue weighted by molar-refractivity contribution is 9.09. The third kappa shape index (κ3) is 2.76. The van der Waals surface area contributed by atoms with Crippen molar-refractivity contribution in [2.75, 3.05) is 5.33 Å². The highest BCUT2D eigenvalue weighted by Crippen LogP contribution is 2.20. The van der Waals surface area contributed by atoms with Gasteiger partial charge in [0.15, 0.2) is 5.82 Å². The van der Waals surface area contributed by atoms with Crippen molar-refractivity contribution >= 4 is 32.7 Å². The number of imidazole rings is 1.